The maximum absolute atomic E-state index is 13.0. The predicted octanol–water partition coefficient (Wildman–Crippen LogP) is 4.22. The lowest BCUT2D eigenvalue weighted by Crippen LogP contribution is -2.27. The number of sulfonamides is 1. The van der Waals surface area contributed by atoms with E-state index < -0.39 is 20.6 Å². The summed E-state index contributed by atoms with van der Waals surface area (Å²) in [6.07, 6.45) is 2.86. The molecule has 1 saturated heterocycles. The summed E-state index contributed by atoms with van der Waals surface area (Å²) in [6.45, 7) is 0.812. The molecule has 0 bridgehead atoms. The van der Waals surface area contributed by atoms with E-state index in [2.05, 4.69) is 10.5 Å². The minimum absolute atomic E-state index is 0.0388. The van der Waals surface area contributed by atoms with Gasteiger partial charge in [0, 0.05) is 24.7 Å². The van der Waals surface area contributed by atoms with E-state index in [0.29, 0.717) is 30.2 Å². The van der Waals surface area contributed by atoms with Crippen molar-refractivity contribution in [3.63, 3.8) is 0 Å². The van der Waals surface area contributed by atoms with Crippen molar-refractivity contribution in [1.29, 1.82) is 0 Å². The van der Waals surface area contributed by atoms with Gasteiger partial charge in [-0.15, -0.1) is 0 Å². The number of hydrogen-bond donors (Lipinski definition) is 1. The molecule has 2 aromatic carbocycles. The van der Waals surface area contributed by atoms with Crippen molar-refractivity contribution in [2.45, 2.75) is 17.7 Å². The van der Waals surface area contributed by atoms with Gasteiger partial charge in [-0.3, -0.25) is 15.5 Å². The van der Waals surface area contributed by atoms with Crippen molar-refractivity contribution < 1.29 is 22.1 Å². The molecule has 1 fully saturated rings. The van der Waals surface area contributed by atoms with Crippen molar-refractivity contribution >= 4 is 27.6 Å². The standard InChI is InChI=1S/C21H19FN4O5S/c22-16-5-3-15(4-6-16)21-10-7-17(31-21)14-23-24-19-9-8-18(13-20(19)26(27)28)32(29,30)25-11-1-2-12-25/h3-10,13-14,24H,1-2,11-12H2. The lowest BCUT2D eigenvalue weighted by atomic mass is 10.2. The first kappa shape index (κ1) is 21.7. The lowest BCUT2D eigenvalue weighted by molar-refractivity contribution is -0.384. The average Bonchev–Trinajstić information content (AvgIpc) is 3.47. The fraction of sp³-hybridized carbons (Fsp3) is 0.190. The van der Waals surface area contributed by atoms with E-state index in [4.69, 9.17) is 4.42 Å². The first-order chi connectivity index (χ1) is 15.3. The van der Waals surface area contributed by atoms with Crippen LogP contribution in [0.1, 0.15) is 18.6 Å². The monoisotopic (exact) mass is 458 g/mol. The Balaban J connectivity index is 1.51. The number of nitrogens with zero attached hydrogens (tertiary/aromatic N) is 3. The van der Waals surface area contributed by atoms with Gasteiger partial charge in [0.15, 0.2) is 0 Å². The second-order valence-electron chi connectivity index (χ2n) is 7.13. The van der Waals surface area contributed by atoms with Gasteiger partial charge in [0.25, 0.3) is 5.69 Å². The van der Waals surface area contributed by atoms with Crippen LogP contribution in [-0.2, 0) is 10.0 Å². The Bertz CT molecular complexity index is 1270. The summed E-state index contributed by atoms with van der Waals surface area (Å²) in [5.41, 5.74) is 2.87. The summed E-state index contributed by atoms with van der Waals surface area (Å²) in [5.74, 6) is 0.522. The number of nitrogens with one attached hydrogen (secondary N) is 1. The largest absolute Gasteiger partial charge is 0.455 e. The molecule has 0 unspecified atom stereocenters. The SMILES string of the molecule is O=[N+]([O-])c1cc(S(=O)(=O)N2CCCC2)ccc1NN=Cc1ccc(-c2ccc(F)cc2)o1. The van der Waals surface area contributed by atoms with E-state index in [1.54, 1.807) is 24.3 Å². The Labute approximate surface area is 183 Å². The Morgan fingerprint density at radius 1 is 1.09 bits per heavy atom. The molecule has 1 N–H and O–H groups in total. The quantitative estimate of drug-likeness (QED) is 0.322. The van der Waals surface area contributed by atoms with Crippen LogP contribution in [0.2, 0.25) is 0 Å². The Hall–Kier alpha value is -3.57. The number of rotatable bonds is 7. The van der Waals surface area contributed by atoms with Crippen LogP contribution in [0.25, 0.3) is 11.3 Å². The number of nitro groups is 1. The highest BCUT2D eigenvalue weighted by atomic mass is 32.2. The van der Waals surface area contributed by atoms with E-state index >= 15 is 0 Å². The number of benzene rings is 2. The number of hydrogen-bond acceptors (Lipinski definition) is 7. The molecule has 2 heterocycles. The third-order valence-electron chi connectivity index (χ3n) is 5.00. The number of halogens is 1. The fourth-order valence-corrected chi connectivity index (χ4v) is 4.89. The molecule has 1 aromatic heterocycles. The molecule has 1 aliphatic rings. The van der Waals surface area contributed by atoms with Crippen LogP contribution in [0.3, 0.4) is 0 Å². The Morgan fingerprint density at radius 2 is 1.81 bits per heavy atom. The molecule has 0 aliphatic carbocycles. The molecule has 11 heteroatoms. The van der Waals surface area contributed by atoms with Crippen molar-refractivity contribution in [2.24, 2.45) is 5.10 Å². The van der Waals surface area contributed by atoms with E-state index in [-0.39, 0.29) is 16.4 Å². The van der Waals surface area contributed by atoms with Gasteiger partial charge < -0.3 is 4.42 Å². The summed E-state index contributed by atoms with van der Waals surface area (Å²) in [4.78, 5) is 10.7. The van der Waals surface area contributed by atoms with Crippen LogP contribution in [-0.4, -0.2) is 37.0 Å². The number of anilines is 1. The van der Waals surface area contributed by atoms with Crippen LogP contribution >= 0.6 is 0 Å². The van der Waals surface area contributed by atoms with Gasteiger partial charge in [0.2, 0.25) is 10.0 Å². The second-order valence-corrected chi connectivity index (χ2v) is 9.06. The van der Waals surface area contributed by atoms with E-state index in [1.165, 1.54) is 34.8 Å². The highest BCUT2D eigenvalue weighted by Gasteiger charge is 2.29. The number of furan rings is 1. The maximum Gasteiger partial charge on any atom is 0.295 e. The first-order valence-corrected chi connectivity index (χ1v) is 11.2. The highest BCUT2D eigenvalue weighted by molar-refractivity contribution is 7.89. The van der Waals surface area contributed by atoms with Crippen LogP contribution in [0.5, 0.6) is 0 Å². The van der Waals surface area contributed by atoms with Gasteiger partial charge in [-0.05, 0) is 61.4 Å². The van der Waals surface area contributed by atoms with E-state index in [9.17, 15) is 22.9 Å². The highest BCUT2D eigenvalue weighted by Crippen LogP contribution is 2.30. The lowest BCUT2D eigenvalue weighted by Gasteiger charge is -2.15. The second kappa shape index (κ2) is 8.89. The maximum atomic E-state index is 13.0. The first-order valence-electron chi connectivity index (χ1n) is 9.78. The molecular weight excluding hydrogens is 439 g/mol. The summed E-state index contributed by atoms with van der Waals surface area (Å²) < 4.78 is 45.3. The molecule has 0 radical (unpaired) electrons. The molecule has 166 valence electrons. The normalized spacial score (nSPS) is 14.8. The summed E-state index contributed by atoms with van der Waals surface area (Å²) in [7, 11) is -3.78. The van der Waals surface area contributed by atoms with Gasteiger partial charge in [-0.1, -0.05) is 0 Å². The summed E-state index contributed by atoms with van der Waals surface area (Å²) >= 11 is 0. The molecule has 0 saturated carbocycles. The third-order valence-corrected chi connectivity index (χ3v) is 6.90. The topological polar surface area (TPSA) is 118 Å². The van der Waals surface area contributed by atoms with Gasteiger partial charge in [0.05, 0.1) is 16.0 Å². The number of hydrazone groups is 1. The molecule has 0 spiro atoms. The molecule has 0 atom stereocenters. The van der Waals surface area contributed by atoms with Gasteiger partial charge >= 0.3 is 0 Å². The van der Waals surface area contributed by atoms with Gasteiger partial charge in [0.1, 0.15) is 23.0 Å². The predicted molar refractivity (Wildman–Crippen MR) is 116 cm³/mol. The fourth-order valence-electron chi connectivity index (χ4n) is 3.35. The average molecular weight is 458 g/mol. The number of nitro benzene ring substituents is 1. The molecular formula is C21H19FN4O5S. The molecule has 1 aliphatic heterocycles. The molecule has 0 amide bonds. The zero-order chi connectivity index (χ0) is 22.7. The van der Waals surface area contributed by atoms with Crippen LogP contribution in [0, 0.1) is 15.9 Å². The van der Waals surface area contributed by atoms with Crippen molar-refractivity contribution in [2.75, 3.05) is 18.5 Å². The van der Waals surface area contributed by atoms with E-state index in [1.807, 2.05) is 0 Å². The third kappa shape index (κ3) is 4.53. The molecule has 32 heavy (non-hydrogen) atoms. The minimum atomic E-state index is -3.78. The minimum Gasteiger partial charge on any atom is -0.455 e. The molecule has 4 rings (SSSR count). The van der Waals surface area contributed by atoms with Crippen molar-refractivity contribution in [3.8, 4) is 11.3 Å². The van der Waals surface area contributed by atoms with Crippen molar-refractivity contribution in [3.05, 3.63) is 76.3 Å². The Morgan fingerprint density at radius 3 is 2.50 bits per heavy atom. The molecule has 3 aromatic rings. The zero-order valence-electron chi connectivity index (χ0n) is 16.8. The van der Waals surface area contributed by atoms with Crippen LogP contribution < -0.4 is 5.43 Å². The Kier molecular flexibility index (Phi) is 6.01. The summed E-state index contributed by atoms with van der Waals surface area (Å²) in [5, 5.41) is 15.5. The van der Waals surface area contributed by atoms with Gasteiger partial charge in [-0.2, -0.15) is 9.41 Å². The van der Waals surface area contributed by atoms with Crippen molar-refractivity contribution in [1.82, 2.24) is 4.31 Å². The molecule has 9 nitrogen and oxygen atoms in total. The smallest absolute Gasteiger partial charge is 0.295 e. The van der Waals surface area contributed by atoms with Crippen LogP contribution in [0.15, 0.2) is 69.0 Å². The summed E-state index contributed by atoms with van der Waals surface area (Å²) in [6, 6.07) is 12.8. The van der Waals surface area contributed by atoms with Crippen LogP contribution in [0.4, 0.5) is 15.8 Å². The zero-order valence-corrected chi connectivity index (χ0v) is 17.6. The van der Waals surface area contributed by atoms with E-state index in [0.717, 1.165) is 18.9 Å². The van der Waals surface area contributed by atoms with Gasteiger partial charge in [-0.25, -0.2) is 12.8 Å².